The Morgan fingerprint density at radius 1 is 1.37 bits per heavy atom. The Bertz CT molecular complexity index is 547. The van der Waals surface area contributed by atoms with Crippen LogP contribution in [0.25, 0.3) is 0 Å². The Balaban J connectivity index is 2.05. The summed E-state index contributed by atoms with van der Waals surface area (Å²) in [6, 6.07) is 9.58. The van der Waals surface area contributed by atoms with Crippen LogP contribution in [-0.4, -0.2) is 14.9 Å². The van der Waals surface area contributed by atoms with Crippen molar-refractivity contribution in [2.75, 3.05) is 0 Å². The standard InChI is InChI=1S/C15H20N2O2/c1-4-13-9-14(17(3)16-13)10-19-15-7-5-6-12(8-15)11(2)18/h5-9,11,18H,4,10H2,1-3H3/t11-/m1/s1. The van der Waals surface area contributed by atoms with Gasteiger partial charge in [0.2, 0.25) is 0 Å². The molecule has 0 saturated heterocycles. The maximum Gasteiger partial charge on any atom is 0.130 e. The lowest BCUT2D eigenvalue weighted by Gasteiger charge is -2.09. The predicted octanol–water partition coefficient (Wildman–Crippen LogP) is 2.61. The van der Waals surface area contributed by atoms with E-state index in [0.29, 0.717) is 6.61 Å². The van der Waals surface area contributed by atoms with E-state index in [9.17, 15) is 5.11 Å². The Morgan fingerprint density at radius 3 is 2.79 bits per heavy atom. The molecule has 2 rings (SSSR count). The van der Waals surface area contributed by atoms with E-state index in [0.717, 1.165) is 29.1 Å². The summed E-state index contributed by atoms with van der Waals surface area (Å²) in [6.45, 7) is 4.31. The number of hydrogen-bond acceptors (Lipinski definition) is 3. The first-order valence-corrected chi connectivity index (χ1v) is 6.52. The number of aromatic nitrogens is 2. The Hall–Kier alpha value is -1.81. The number of rotatable bonds is 5. The summed E-state index contributed by atoms with van der Waals surface area (Å²) in [5, 5.41) is 13.9. The summed E-state index contributed by atoms with van der Waals surface area (Å²) in [5.74, 6) is 0.762. The van der Waals surface area contributed by atoms with Gasteiger partial charge in [0.1, 0.15) is 12.4 Å². The van der Waals surface area contributed by atoms with Gasteiger partial charge in [-0.1, -0.05) is 19.1 Å². The number of aryl methyl sites for hydroxylation is 2. The van der Waals surface area contributed by atoms with E-state index < -0.39 is 6.10 Å². The van der Waals surface area contributed by atoms with Crippen molar-refractivity contribution < 1.29 is 9.84 Å². The van der Waals surface area contributed by atoms with E-state index in [4.69, 9.17) is 4.74 Å². The van der Waals surface area contributed by atoms with Gasteiger partial charge in [0, 0.05) is 7.05 Å². The number of aliphatic hydroxyl groups is 1. The zero-order valence-electron chi connectivity index (χ0n) is 11.6. The Labute approximate surface area is 113 Å². The number of hydrogen-bond donors (Lipinski definition) is 1. The third-order valence-corrected chi connectivity index (χ3v) is 3.12. The molecule has 1 atom stereocenters. The van der Waals surface area contributed by atoms with Gasteiger partial charge in [0.05, 0.1) is 17.5 Å². The van der Waals surface area contributed by atoms with Crippen LogP contribution in [0.2, 0.25) is 0 Å². The van der Waals surface area contributed by atoms with Crippen molar-refractivity contribution in [1.29, 1.82) is 0 Å². The molecule has 4 heteroatoms. The zero-order chi connectivity index (χ0) is 13.8. The van der Waals surface area contributed by atoms with Gasteiger partial charge in [0.25, 0.3) is 0 Å². The van der Waals surface area contributed by atoms with E-state index in [-0.39, 0.29) is 0 Å². The second-order valence-corrected chi connectivity index (χ2v) is 4.64. The first kappa shape index (κ1) is 13.6. The quantitative estimate of drug-likeness (QED) is 0.899. The zero-order valence-corrected chi connectivity index (χ0v) is 11.6. The minimum Gasteiger partial charge on any atom is -0.487 e. The highest BCUT2D eigenvalue weighted by Gasteiger charge is 2.06. The number of aliphatic hydroxyl groups excluding tert-OH is 1. The SMILES string of the molecule is CCc1cc(COc2cccc([C@@H](C)O)c2)n(C)n1. The van der Waals surface area contributed by atoms with E-state index in [1.54, 1.807) is 6.92 Å². The van der Waals surface area contributed by atoms with Crippen molar-refractivity contribution >= 4 is 0 Å². The molecule has 0 bridgehead atoms. The minimum atomic E-state index is -0.480. The van der Waals surface area contributed by atoms with Gasteiger partial charge in [-0.05, 0) is 37.1 Å². The average molecular weight is 260 g/mol. The molecular formula is C15H20N2O2. The van der Waals surface area contributed by atoms with Gasteiger partial charge in [-0.2, -0.15) is 5.10 Å². The van der Waals surface area contributed by atoms with Crippen molar-refractivity contribution in [3.8, 4) is 5.75 Å². The highest BCUT2D eigenvalue weighted by molar-refractivity contribution is 5.29. The molecule has 1 aromatic heterocycles. The first-order valence-electron chi connectivity index (χ1n) is 6.52. The van der Waals surface area contributed by atoms with Crippen LogP contribution in [0.3, 0.4) is 0 Å². The third-order valence-electron chi connectivity index (χ3n) is 3.12. The van der Waals surface area contributed by atoms with Crippen LogP contribution >= 0.6 is 0 Å². The second kappa shape index (κ2) is 5.89. The number of ether oxygens (including phenoxy) is 1. The molecule has 0 fully saturated rings. The summed E-state index contributed by atoms with van der Waals surface area (Å²) >= 11 is 0. The fraction of sp³-hybridized carbons (Fsp3) is 0.400. The molecule has 1 heterocycles. The van der Waals surface area contributed by atoms with Gasteiger partial charge >= 0.3 is 0 Å². The average Bonchev–Trinajstić information content (AvgIpc) is 2.77. The lowest BCUT2D eigenvalue weighted by molar-refractivity contribution is 0.198. The van der Waals surface area contributed by atoms with Gasteiger partial charge in [0.15, 0.2) is 0 Å². The highest BCUT2D eigenvalue weighted by atomic mass is 16.5. The Morgan fingerprint density at radius 2 is 2.16 bits per heavy atom. The fourth-order valence-corrected chi connectivity index (χ4v) is 1.90. The predicted molar refractivity (Wildman–Crippen MR) is 74.0 cm³/mol. The molecule has 0 aliphatic carbocycles. The van der Waals surface area contributed by atoms with Gasteiger partial charge in [-0.3, -0.25) is 4.68 Å². The molecule has 1 N–H and O–H groups in total. The van der Waals surface area contributed by atoms with E-state index in [2.05, 4.69) is 18.1 Å². The number of nitrogens with zero attached hydrogens (tertiary/aromatic N) is 2. The molecule has 0 aliphatic heterocycles. The van der Waals surface area contributed by atoms with Crippen LogP contribution in [-0.2, 0) is 20.1 Å². The highest BCUT2D eigenvalue weighted by Crippen LogP contribution is 2.19. The fourth-order valence-electron chi connectivity index (χ4n) is 1.90. The lowest BCUT2D eigenvalue weighted by atomic mass is 10.1. The second-order valence-electron chi connectivity index (χ2n) is 4.64. The lowest BCUT2D eigenvalue weighted by Crippen LogP contribution is -2.03. The molecule has 0 saturated carbocycles. The maximum absolute atomic E-state index is 9.54. The molecule has 102 valence electrons. The first-order chi connectivity index (χ1) is 9.10. The smallest absolute Gasteiger partial charge is 0.130 e. The van der Waals surface area contributed by atoms with Crippen molar-refractivity contribution in [3.63, 3.8) is 0 Å². The molecule has 0 amide bonds. The molecule has 0 aliphatic rings. The minimum absolute atomic E-state index is 0.479. The summed E-state index contributed by atoms with van der Waals surface area (Å²) in [6.07, 6.45) is 0.442. The monoisotopic (exact) mass is 260 g/mol. The molecule has 0 unspecified atom stereocenters. The van der Waals surface area contributed by atoms with Crippen LogP contribution in [0.4, 0.5) is 0 Å². The molecule has 2 aromatic rings. The van der Waals surface area contributed by atoms with E-state index in [1.165, 1.54) is 0 Å². The summed E-state index contributed by atoms with van der Waals surface area (Å²) < 4.78 is 7.59. The van der Waals surface area contributed by atoms with Gasteiger partial charge in [-0.15, -0.1) is 0 Å². The molecule has 1 aromatic carbocycles. The van der Waals surface area contributed by atoms with Gasteiger partial charge < -0.3 is 9.84 Å². The summed E-state index contributed by atoms with van der Waals surface area (Å²) in [4.78, 5) is 0. The van der Waals surface area contributed by atoms with Crippen LogP contribution in [0.5, 0.6) is 5.75 Å². The molecule has 4 nitrogen and oxygen atoms in total. The largest absolute Gasteiger partial charge is 0.487 e. The third kappa shape index (κ3) is 3.35. The molecule has 19 heavy (non-hydrogen) atoms. The molecule has 0 radical (unpaired) electrons. The van der Waals surface area contributed by atoms with Crippen molar-refractivity contribution in [3.05, 3.63) is 47.3 Å². The van der Waals surface area contributed by atoms with Crippen LogP contribution < -0.4 is 4.74 Å². The van der Waals surface area contributed by atoms with Crippen molar-refractivity contribution in [1.82, 2.24) is 9.78 Å². The van der Waals surface area contributed by atoms with E-state index in [1.807, 2.05) is 36.0 Å². The van der Waals surface area contributed by atoms with Crippen LogP contribution in [0.1, 0.15) is 36.9 Å². The summed E-state index contributed by atoms with van der Waals surface area (Å²) in [5.41, 5.74) is 2.97. The topological polar surface area (TPSA) is 47.3 Å². The summed E-state index contributed by atoms with van der Waals surface area (Å²) in [7, 11) is 1.92. The van der Waals surface area contributed by atoms with Crippen LogP contribution in [0, 0.1) is 0 Å². The molecular weight excluding hydrogens is 240 g/mol. The normalized spacial score (nSPS) is 12.4. The van der Waals surface area contributed by atoms with Gasteiger partial charge in [-0.25, -0.2) is 0 Å². The van der Waals surface area contributed by atoms with Crippen molar-refractivity contribution in [2.45, 2.75) is 33.0 Å². The number of benzene rings is 1. The van der Waals surface area contributed by atoms with Crippen molar-refractivity contribution in [2.24, 2.45) is 7.05 Å². The van der Waals surface area contributed by atoms with Crippen LogP contribution in [0.15, 0.2) is 30.3 Å². The maximum atomic E-state index is 9.54. The van der Waals surface area contributed by atoms with E-state index >= 15 is 0 Å². The molecule has 0 spiro atoms. The Kier molecular flexibility index (Phi) is 4.22.